The van der Waals surface area contributed by atoms with Crippen LogP contribution >= 0.6 is 11.3 Å². The maximum atomic E-state index is 13.2. The zero-order valence-electron chi connectivity index (χ0n) is 17.8. The summed E-state index contributed by atoms with van der Waals surface area (Å²) in [6, 6.07) is 19.9. The van der Waals surface area contributed by atoms with Crippen LogP contribution in [0.2, 0.25) is 0 Å². The van der Waals surface area contributed by atoms with E-state index in [9.17, 15) is 4.79 Å². The van der Waals surface area contributed by atoms with Gasteiger partial charge in [-0.15, -0.1) is 0 Å². The molecule has 3 aromatic heterocycles. The molecular formula is C26H21N3O3S. The molecule has 0 radical (unpaired) electrons. The molecule has 0 N–H and O–H groups in total. The minimum absolute atomic E-state index is 0.0196. The average Bonchev–Trinajstić information content (AvgIpc) is 3.47. The van der Waals surface area contributed by atoms with E-state index in [1.54, 1.807) is 18.5 Å². The smallest absolute Gasteiger partial charge is 0.281 e. The van der Waals surface area contributed by atoms with E-state index in [0.717, 1.165) is 36.0 Å². The van der Waals surface area contributed by atoms with Crippen molar-refractivity contribution < 1.29 is 13.9 Å². The van der Waals surface area contributed by atoms with Gasteiger partial charge in [0.15, 0.2) is 5.65 Å². The Hall–Kier alpha value is -3.71. The van der Waals surface area contributed by atoms with Gasteiger partial charge in [0, 0.05) is 30.7 Å². The number of thiazole rings is 1. The highest BCUT2D eigenvalue weighted by Crippen LogP contribution is 2.34. The minimum atomic E-state index is 0.0196. The molecule has 0 spiro atoms. The van der Waals surface area contributed by atoms with Crippen molar-refractivity contribution in [2.75, 3.05) is 13.1 Å². The number of furan rings is 1. The Morgan fingerprint density at radius 3 is 2.73 bits per heavy atom. The van der Waals surface area contributed by atoms with Crippen molar-refractivity contribution in [3.8, 4) is 10.9 Å². The summed E-state index contributed by atoms with van der Waals surface area (Å²) in [5, 5.41) is 1.32. The van der Waals surface area contributed by atoms with Gasteiger partial charge in [-0.25, -0.2) is 4.98 Å². The van der Waals surface area contributed by atoms with Crippen LogP contribution in [0.1, 0.15) is 34.7 Å². The van der Waals surface area contributed by atoms with Gasteiger partial charge in [0.25, 0.3) is 11.1 Å². The number of aromatic nitrogens is 2. The summed E-state index contributed by atoms with van der Waals surface area (Å²) in [7, 11) is 0. The zero-order valence-corrected chi connectivity index (χ0v) is 18.6. The summed E-state index contributed by atoms with van der Waals surface area (Å²) in [6.45, 7) is 1.50. The Kier molecular flexibility index (Phi) is 5.03. The second-order valence-corrected chi connectivity index (χ2v) is 9.18. The first-order valence-electron chi connectivity index (χ1n) is 11.0. The van der Waals surface area contributed by atoms with Crippen LogP contribution in [0.4, 0.5) is 0 Å². The number of fused-ring (bicyclic) bond motifs is 2. The number of likely N-dealkylation sites (tertiary alicyclic amines) is 1. The van der Waals surface area contributed by atoms with Gasteiger partial charge in [0.05, 0.1) is 10.3 Å². The topological polar surface area (TPSA) is 68.5 Å². The second kappa shape index (κ2) is 8.33. The Morgan fingerprint density at radius 1 is 1.06 bits per heavy atom. The molecule has 2 aromatic carbocycles. The van der Waals surface area contributed by atoms with Crippen molar-refractivity contribution in [1.82, 2.24) is 14.9 Å². The molecule has 6 rings (SSSR count). The van der Waals surface area contributed by atoms with Crippen LogP contribution in [0.5, 0.6) is 10.9 Å². The normalized spacial score (nSPS) is 14.7. The number of piperidine rings is 1. The third-order valence-corrected chi connectivity index (χ3v) is 7.07. The van der Waals surface area contributed by atoms with Crippen molar-refractivity contribution in [3.63, 3.8) is 0 Å². The Labute approximate surface area is 194 Å². The van der Waals surface area contributed by atoms with Crippen LogP contribution in [0.25, 0.3) is 21.3 Å². The summed E-state index contributed by atoms with van der Waals surface area (Å²) < 4.78 is 12.6. The monoisotopic (exact) mass is 455 g/mol. The van der Waals surface area contributed by atoms with Crippen LogP contribution in [-0.4, -0.2) is 33.9 Å². The first-order chi connectivity index (χ1) is 16.2. The first-order valence-corrected chi connectivity index (χ1v) is 11.8. The van der Waals surface area contributed by atoms with Crippen molar-refractivity contribution in [2.45, 2.75) is 18.8 Å². The number of hydrogen-bond acceptors (Lipinski definition) is 6. The molecule has 4 heterocycles. The van der Waals surface area contributed by atoms with Gasteiger partial charge in [0.1, 0.15) is 17.6 Å². The molecule has 0 saturated carbocycles. The quantitative estimate of drug-likeness (QED) is 0.320. The number of rotatable bonds is 4. The summed E-state index contributed by atoms with van der Waals surface area (Å²) in [5.74, 6) is 1.14. The summed E-state index contributed by atoms with van der Waals surface area (Å²) in [6.07, 6.45) is 5.21. The number of carbonyl (C=O) groups excluding carboxylic acids is 1. The highest BCUT2D eigenvalue weighted by Gasteiger charge is 2.26. The van der Waals surface area contributed by atoms with Crippen LogP contribution in [0, 0.1) is 0 Å². The van der Waals surface area contributed by atoms with E-state index in [0.29, 0.717) is 33.7 Å². The van der Waals surface area contributed by atoms with E-state index in [-0.39, 0.29) is 5.91 Å². The molecule has 7 heteroatoms. The SMILES string of the molecule is O=C(c1coc2cc(Oc3nc4ncccc4s3)ccc12)N1CCC(c2ccccc2)CC1. The molecule has 33 heavy (non-hydrogen) atoms. The number of amides is 1. The summed E-state index contributed by atoms with van der Waals surface area (Å²) >= 11 is 1.44. The van der Waals surface area contributed by atoms with Gasteiger partial charge in [-0.1, -0.05) is 41.7 Å². The lowest BCUT2D eigenvalue weighted by molar-refractivity contribution is 0.0714. The molecular weight excluding hydrogens is 434 g/mol. The molecule has 0 aliphatic carbocycles. The zero-order chi connectivity index (χ0) is 22.2. The Morgan fingerprint density at radius 2 is 1.91 bits per heavy atom. The Balaban J connectivity index is 1.17. The lowest BCUT2D eigenvalue weighted by Crippen LogP contribution is -2.37. The molecule has 1 fully saturated rings. The van der Waals surface area contributed by atoms with Crippen molar-refractivity contribution in [2.24, 2.45) is 0 Å². The van der Waals surface area contributed by atoms with Crippen molar-refractivity contribution >= 4 is 38.6 Å². The van der Waals surface area contributed by atoms with Crippen molar-refractivity contribution in [3.05, 3.63) is 84.3 Å². The number of carbonyl (C=O) groups is 1. The fraction of sp³-hybridized carbons (Fsp3) is 0.192. The predicted octanol–water partition coefficient (Wildman–Crippen LogP) is 6.25. The maximum Gasteiger partial charge on any atom is 0.281 e. The second-order valence-electron chi connectivity index (χ2n) is 8.19. The van der Waals surface area contributed by atoms with Gasteiger partial charge in [-0.3, -0.25) is 4.79 Å². The van der Waals surface area contributed by atoms with E-state index >= 15 is 0 Å². The average molecular weight is 456 g/mol. The molecule has 0 atom stereocenters. The Bertz CT molecular complexity index is 1400. The van der Waals surface area contributed by atoms with Gasteiger partial charge in [0.2, 0.25) is 0 Å². The van der Waals surface area contributed by atoms with Gasteiger partial charge in [-0.2, -0.15) is 4.98 Å². The molecule has 5 aromatic rings. The van der Waals surface area contributed by atoms with E-state index in [1.165, 1.54) is 16.9 Å². The molecule has 1 aliphatic rings. The number of ether oxygens (including phenoxy) is 1. The largest absolute Gasteiger partial charge is 0.463 e. The molecule has 0 unspecified atom stereocenters. The predicted molar refractivity (Wildman–Crippen MR) is 128 cm³/mol. The first kappa shape index (κ1) is 19.9. The lowest BCUT2D eigenvalue weighted by atomic mass is 9.89. The van der Waals surface area contributed by atoms with E-state index < -0.39 is 0 Å². The lowest BCUT2D eigenvalue weighted by Gasteiger charge is -2.32. The standard InChI is InChI=1S/C26H21N3O3S/c30-25(29-13-10-18(11-14-29)17-5-2-1-3-6-17)21-16-31-22-15-19(8-9-20(21)22)32-26-28-24-23(33-26)7-4-12-27-24/h1-9,12,15-16,18H,10-11,13-14H2. The third-order valence-electron chi connectivity index (χ3n) is 6.18. The molecule has 1 saturated heterocycles. The van der Waals surface area contributed by atoms with E-state index in [1.807, 2.05) is 35.2 Å². The molecule has 6 nitrogen and oxygen atoms in total. The highest BCUT2D eigenvalue weighted by atomic mass is 32.1. The molecule has 1 aliphatic heterocycles. The van der Waals surface area contributed by atoms with Crippen LogP contribution in [-0.2, 0) is 0 Å². The summed E-state index contributed by atoms with van der Waals surface area (Å²) in [5.41, 5.74) is 3.24. The van der Waals surface area contributed by atoms with Crippen molar-refractivity contribution in [1.29, 1.82) is 0 Å². The fourth-order valence-electron chi connectivity index (χ4n) is 4.44. The molecule has 164 valence electrons. The number of nitrogens with zero attached hydrogens (tertiary/aromatic N) is 3. The number of hydrogen-bond donors (Lipinski definition) is 0. The van der Waals surface area contributed by atoms with E-state index in [2.05, 4.69) is 34.2 Å². The van der Waals surface area contributed by atoms with Gasteiger partial charge >= 0.3 is 0 Å². The molecule has 1 amide bonds. The highest BCUT2D eigenvalue weighted by molar-refractivity contribution is 7.20. The van der Waals surface area contributed by atoms with Gasteiger partial charge in [-0.05, 0) is 48.6 Å². The number of benzene rings is 2. The van der Waals surface area contributed by atoms with Crippen LogP contribution in [0.15, 0.2) is 77.5 Å². The van der Waals surface area contributed by atoms with Crippen LogP contribution < -0.4 is 4.74 Å². The third kappa shape index (κ3) is 3.85. The maximum absolute atomic E-state index is 13.2. The minimum Gasteiger partial charge on any atom is -0.463 e. The van der Waals surface area contributed by atoms with Gasteiger partial charge < -0.3 is 14.1 Å². The number of pyridine rings is 1. The van der Waals surface area contributed by atoms with Crippen LogP contribution in [0.3, 0.4) is 0 Å². The van der Waals surface area contributed by atoms with E-state index in [4.69, 9.17) is 9.15 Å². The molecule has 0 bridgehead atoms. The fourth-order valence-corrected chi connectivity index (χ4v) is 5.24. The summed E-state index contributed by atoms with van der Waals surface area (Å²) in [4.78, 5) is 23.8.